The lowest BCUT2D eigenvalue weighted by Crippen LogP contribution is -2.60. The number of hydrogen-bond donors (Lipinski definition) is 3. The number of nitrogens with one attached hydrogen (secondary N) is 3. The van der Waals surface area contributed by atoms with Gasteiger partial charge in [0.1, 0.15) is 23.7 Å². The number of rotatable bonds is 23. The summed E-state index contributed by atoms with van der Waals surface area (Å²) >= 11 is 0. The third kappa shape index (κ3) is 15.1. The van der Waals surface area contributed by atoms with Gasteiger partial charge in [0.2, 0.25) is 33.7 Å². The highest BCUT2D eigenvalue weighted by atomic mass is 32.2. The van der Waals surface area contributed by atoms with Crippen LogP contribution >= 0.6 is 0 Å². The molecular weight excluding hydrogens is 857 g/mol. The Morgan fingerprint density at radius 3 is 1.95 bits per heavy atom. The molecule has 17 nitrogen and oxygen atoms in total. The van der Waals surface area contributed by atoms with Crippen molar-refractivity contribution in [3.05, 3.63) is 35.9 Å². The lowest BCUT2D eigenvalue weighted by Gasteiger charge is -2.41. The molecule has 1 saturated heterocycles. The molecule has 65 heavy (non-hydrogen) atoms. The summed E-state index contributed by atoms with van der Waals surface area (Å²) in [6.45, 7) is 18.5. The monoisotopic (exact) mass is 935 g/mol. The zero-order chi connectivity index (χ0) is 49.1. The first-order chi connectivity index (χ1) is 30.3. The van der Waals surface area contributed by atoms with Gasteiger partial charge in [-0.05, 0) is 69.8 Å². The molecule has 3 N–H and O–H groups in total. The van der Waals surface area contributed by atoms with E-state index in [2.05, 4.69) is 15.4 Å². The molecule has 18 heteroatoms. The molecule has 0 spiro atoms. The van der Waals surface area contributed by atoms with Gasteiger partial charge < -0.3 is 34.6 Å². The van der Waals surface area contributed by atoms with Gasteiger partial charge in [-0.1, -0.05) is 85.2 Å². The molecule has 1 saturated carbocycles. The lowest BCUT2D eigenvalue weighted by atomic mass is 9.89. The Morgan fingerprint density at radius 2 is 1.45 bits per heavy atom. The van der Waals surface area contributed by atoms with Crippen LogP contribution in [0.1, 0.15) is 113 Å². The van der Waals surface area contributed by atoms with E-state index in [1.165, 1.54) is 26.2 Å². The van der Waals surface area contributed by atoms with Crippen molar-refractivity contribution in [3.63, 3.8) is 0 Å². The summed E-state index contributed by atoms with van der Waals surface area (Å²) < 4.78 is 45.1. The smallest absolute Gasteiger partial charge is 0.410 e. The largest absolute Gasteiger partial charge is 0.444 e. The van der Waals surface area contributed by atoms with E-state index in [1.54, 1.807) is 68.8 Å². The molecular formula is C47H78N6O11S. The summed E-state index contributed by atoms with van der Waals surface area (Å²) in [6, 6.07) is 4.77. The normalized spacial score (nSPS) is 19.3. The average Bonchev–Trinajstić information content (AvgIpc) is 4.00. The summed E-state index contributed by atoms with van der Waals surface area (Å²) in [6.07, 6.45) is 0.509. The van der Waals surface area contributed by atoms with E-state index in [1.807, 2.05) is 47.6 Å². The van der Waals surface area contributed by atoms with Gasteiger partial charge in [-0.25, -0.2) is 13.2 Å². The minimum Gasteiger partial charge on any atom is -0.444 e. The molecule has 1 aromatic rings. The number of ether oxygens (including phenoxy) is 3. The maximum absolute atomic E-state index is 14.5. The van der Waals surface area contributed by atoms with E-state index in [0.29, 0.717) is 38.6 Å². The molecule has 1 aliphatic carbocycles. The van der Waals surface area contributed by atoms with Crippen LogP contribution in [0.15, 0.2) is 30.3 Å². The molecule has 6 amide bonds. The van der Waals surface area contributed by atoms with E-state index in [0.717, 1.165) is 5.56 Å². The van der Waals surface area contributed by atoms with Crippen LogP contribution < -0.4 is 15.4 Å². The van der Waals surface area contributed by atoms with Gasteiger partial charge in [0.15, 0.2) is 0 Å². The second-order valence-electron chi connectivity index (χ2n) is 19.6. The first-order valence-corrected chi connectivity index (χ1v) is 24.6. The van der Waals surface area contributed by atoms with Crippen LogP contribution in [0.5, 0.6) is 0 Å². The van der Waals surface area contributed by atoms with Crippen molar-refractivity contribution >= 4 is 45.7 Å². The second-order valence-corrected chi connectivity index (χ2v) is 21.5. The highest BCUT2D eigenvalue weighted by Crippen LogP contribution is 2.31. The van der Waals surface area contributed by atoms with Crippen LogP contribution in [0, 0.1) is 23.7 Å². The average molecular weight is 935 g/mol. The highest BCUT2D eigenvalue weighted by molar-refractivity contribution is 7.90. The van der Waals surface area contributed by atoms with E-state index < -0.39 is 93.0 Å². The molecule has 1 heterocycles. The predicted molar refractivity (Wildman–Crippen MR) is 248 cm³/mol. The van der Waals surface area contributed by atoms with E-state index in [-0.39, 0.29) is 42.4 Å². The first kappa shape index (κ1) is 55.0. The molecule has 0 bridgehead atoms. The number of likely N-dealkylation sites (tertiary alicyclic amines) is 1. The number of methoxy groups -OCH3 is 2. The van der Waals surface area contributed by atoms with Crippen LogP contribution in [-0.4, -0.2) is 147 Å². The number of benzene rings is 1. The standard InChI is InChI=1S/C47H78N6O11S/c1-15-30(6)40(51(11)45(58)38(28(2)3)49-44(57)39(29(4)5)52(12)46(59)64-47(8,9)10)36(62-13)27-37(54)53-25-19-22-35(53)41(63-14)31(7)42(55)48-34(26-32-20-17-16-18-21-32)43(56)50-65(60,61)33-23-24-33/h16-18,20-21,28-31,33-36,38-41H,15,19,22-27H2,1-14H3,(H,48,55)(H,49,57)(H,50,56)/t30-,31+,34-,35-,36+,38-,39-,40-,41+/m0/s1. The molecule has 0 unspecified atom stereocenters. The third-order valence-electron chi connectivity index (χ3n) is 12.6. The van der Waals surface area contributed by atoms with Gasteiger partial charge in [-0.15, -0.1) is 0 Å². The number of hydrogen-bond acceptors (Lipinski definition) is 11. The molecule has 9 atom stereocenters. The van der Waals surface area contributed by atoms with Crippen molar-refractivity contribution < 1.29 is 51.4 Å². The molecule has 368 valence electrons. The number of sulfonamides is 1. The van der Waals surface area contributed by atoms with Gasteiger partial charge in [0.05, 0.1) is 41.9 Å². The van der Waals surface area contributed by atoms with Crippen LogP contribution in [0.25, 0.3) is 0 Å². The summed E-state index contributed by atoms with van der Waals surface area (Å²) in [5.41, 5.74) is -0.0515. The van der Waals surface area contributed by atoms with Crippen LogP contribution in [0.3, 0.4) is 0 Å². The number of nitrogens with zero attached hydrogens (tertiary/aromatic N) is 3. The molecule has 0 aromatic heterocycles. The molecule has 3 rings (SSSR count). The Bertz CT molecular complexity index is 1890. The minimum atomic E-state index is -3.88. The number of amides is 6. The third-order valence-corrected chi connectivity index (χ3v) is 14.4. The molecule has 2 aliphatic rings. The van der Waals surface area contributed by atoms with Gasteiger partial charge >= 0.3 is 6.09 Å². The zero-order valence-electron chi connectivity index (χ0n) is 41.2. The minimum absolute atomic E-state index is 0.0535. The topological polar surface area (TPSA) is 210 Å². The van der Waals surface area contributed by atoms with Crippen LogP contribution in [-0.2, 0) is 54.6 Å². The fourth-order valence-electron chi connectivity index (χ4n) is 8.69. The summed E-state index contributed by atoms with van der Waals surface area (Å²) in [5.74, 6) is -4.15. The number of likely N-dealkylation sites (N-methyl/N-ethyl adjacent to an activating group) is 2. The van der Waals surface area contributed by atoms with E-state index in [4.69, 9.17) is 14.2 Å². The summed E-state index contributed by atoms with van der Waals surface area (Å²) in [7, 11) is 2.23. The Hall–Kier alpha value is -4.29. The van der Waals surface area contributed by atoms with Crippen molar-refractivity contribution in [3.8, 4) is 0 Å². The van der Waals surface area contributed by atoms with Crippen LogP contribution in [0.4, 0.5) is 4.79 Å². The van der Waals surface area contributed by atoms with Gasteiger partial charge in [0.25, 0.3) is 5.91 Å². The first-order valence-electron chi connectivity index (χ1n) is 23.1. The maximum Gasteiger partial charge on any atom is 0.410 e. The lowest BCUT2D eigenvalue weighted by molar-refractivity contribution is -0.148. The number of carbonyl (C=O) groups excluding carboxylic acids is 6. The maximum atomic E-state index is 14.5. The van der Waals surface area contributed by atoms with Crippen LogP contribution in [0.2, 0.25) is 0 Å². The number of carbonyl (C=O) groups is 6. The SMILES string of the molecule is CC[C@H](C)[C@@H]([C@@H](CC(=O)N1CCC[C@H]1[C@H](OC)[C@@H](C)C(=O)N[C@@H](Cc1ccccc1)C(=O)NS(=O)(=O)C1CC1)OC)N(C)C(=O)[C@@H](NC(=O)[C@H](C(C)C)N(C)C(=O)OC(C)(C)C)C(C)C. The summed E-state index contributed by atoms with van der Waals surface area (Å²) in [5, 5.41) is 5.08. The molecule has 1 aromatic carbocycles. The Balaban J connectivity index is 1.82. The van der Waals surface area contributed by atoms with Crippen molar-refractivity contribution in [2.75, 3.05) is 34.9 Å². The molecule has 2 fully saturated rings. The van der Waals surface area contributed by atoms with Gasteiger partial charge in [-0.3, -0.25) is 33.6 Å². The van der Waals surface area contributed by atoms with Crippen molar-refractivity contribution in [2.45, 2.75) is 167 Å². The fraction of sp³-hybridized carbons (Fsp3) is 0.745. The Morgan fingerprint density at radius 1 is 0.831 bits per heavy atom. The quantitative estimate of drug-likeness (QED) is 0.141. The Labute approximate surface area is 387 Å². The van der Waals surface area contributed by atoms with Gasteiger partial charge in [0, 0.05) is 41.3 Å². The zero-order valence-corrected chi connectivity index (χ0v) is 42.0. The fourth-order valence-corrected chi connectivity index (χ4v) is 10.0. The second kappa shape index (κ2) is 23.9. The van der Waals surface area contributed by atoms with E-state index in [9.17, 15) is 37.2 Å². The summed E-state index contributed by atoms with van der Waals surface area (Å²) in [4.78, 5) is 87.8. The van der Waals surface area contributed by atoms with Gasteiger partial charge in [-0.2, -0.15) is 0 Å². The van der Waals surface area contributed by atoms with Crippen molar-refractivity contribution in [2.24, 2.45) is 23.7 Å². The molecule has 0 radical (unpaired) electrons. The van der Waals surface area contributed by atoms with Crippen molar-refractivity contribution in [1.29, 1.82) is 0 Å². The van der Waals surface area contributed by atoms with E-state index >= 15 is 0 Å². The molecule has 1 aliphatic heterocycles. The highest BCUT2D eigenvalue weighted by Gasteiger charge is 2.44. The Kier molecular flexibility index (Phi) is 20.3. The van der Waals surface area contributed by atoms with Crippen molar-refractivity contribution in [1.82, 2.24) is 30.1 Å². The predicted octanol–water partition coefficient (Wildman–Crippen LogP) is 4.27.